The van der Waals surface area contributed by atoms with Crippen molar-refractivity contribution in [2.24, 2.45) is 11.8 Å². The van der Waals surface area contributed by atoms with Gasteiger partial charge in [-0.1, -0.05) is 27.7 Å². The van der Waals surface area contributed by atoms with E-state index in [1.807, 2.05) is 12.1 Å². The molecule has 0 aromatic heterocycles. The molecule has 0 aliphatic carbocycles. The Bertz CT molecular complexity index is 278. The Morgan fingerprint density at radius 3 is 2.06 bits per heavy atom. The van der Waals surface area contributed by atoms with Gasteiger partial charge in [-0.05, 0) is 11.8 Å². The summed E-state index contributed by atoms with van der Waals surface area (Å²) in [5.74, 6) is 1.45. The van der Waals surface area contributed by atoms with Crippen molar-refractivity contribution < 1.29 is 16.3 Å². The summed E-state index contributed by atoms with van der Waals surface area (Å²) in [6.45, 7) is 12.5. The van der Waals surface area contributed by atoms with Gasteiger partial charge in [0, 0.05) is 19.6 Å². The Morgan fingerprint density at radius 1 is 1.11 bits per heavy atom. The van der Waals surface area contributed by atoms with Gasteiger partial charge >= 0.3 is 30.0 Å². The molecule has 0 radical (unpaired) electrons. The fraction of sp³-hybridized carbons (Fsp3) is 0.600. The van der Waals surface area contributed by atoms with E-state index >= 15 is 0 Å². The quantitative estimate of drug-likeness (QED) is 0.533. The second kappa shape index (κ2) is 11.1. The molecule has 0 atom stereocenters. The maximum absolute atomic E-state index is 3.30. The van der Waals surface area contributed by atoms with Crippen LogP contribution in [0.4, 0.5) is 0 Å². The van der Waals surface area contributed by atoms with E-state index in [1.165, 1.54) is 35.0 Å². The van der Waals surface area contributed by atoms with Gasteiger partial charge in [-0.15, -0.1) is 5.56 Å². The molecule has 0 spiro atoms. The zero-order valence-corrected chi connectivity index (χ0v) is 16.7. The van der Waals surface area contributed by atoms with E-state index in [1.54, 1.807) is 0 Å². The summed E-state index contributed by atoms with van der Waals surface area (Å²) in [7, 11) is 0. The molecule has 0 aliphatic rings. The molecule has 0 saturated carbocycles. The van der Waals surface area contributed by atoms with Crippen LogP contribution in [0.1, 0.15) is 33.3 Å². The predicted molar refractivity (Wildman–Crippen MR) is 79.2 cm³/mol. The van der Waals surface area contributed by atoms with E-state index in [9.17, 15) is 0 Å². The third-order valence-corrected chi connectivity index (χ3v) is 2.41. The van der Waals surface area contributed by atoms with Crippen molar-refractivity contribution in [2.45, 2.75) is 34.2 Å². The van der Waals surface area contributed by atoms with Crippen LogP contribution in [0.25, 0.3) is 0 Å². The summed E-state index contributed by atoms with van der Waals surface area (Å²) in [4.78, 5) is 2.53. The average molecular weight is 364 g/mol. The number of nitrogens with zero attached hydrogens (tertiary/aromatic N) is 1. The summed E-state index contributed by atoms with van der Waals surface area (Å²) in [5.41, 5.74) is 1.30. The fourth-order valence-electron chi connectivity index (χ4n) is 2.01. The van der Waals surface area contributed by atoms with Crippen LogP contribution in [0, 0.1) is 17.9 Å². The zero-order valence-electron chi connectivity index (χ0n) is 12.1. The summed E-state index contributed by atoms with van der Waals surface area (Å²) >= 11 is 4.25. The standard InChI is InChI=1S/C15H24N.BrH.Zn/c1-13(2)10-16(11-14(3)4)12-15-8-6-5-7-9-15;;/h5-8,13-14H,10-12H2,1-4H3;1H;/q-1;;+2/p-1. The third kappa shape index (κ3) is 9.24. The van der Waals surface area contributed by atoms with Gasteiger partial charge in [-0.2, -0.15) is 30.3 Å². The molecule has 0 saturated heterocycles. The molecule has 0 unspecified atom stereocenters. The van der Waals surface area contributed by atoms with Crippen molar-refractivity contribution in [1.82, 2.24) is 4.90 Å². The number of rotatable bonds is 6. The summed E-state index contributed by atoms with van der Waals surface area (Å²) in [6, 6.07) is 11.6. The average Bonchev–Trinajstić information content (AvgIpc) is 2.31. The first kappa shape index (κ1) is 18.3. The molecule has 0 N–H and O–H groups in total. The third-order valence-electron chi connectivity index (χ3n) is 2.41. The van der Waals surface area contributed by atoms with Crippen LogP contribution in [0.2, 0.25) is 0 Å². The zero-order chi connectivity index (χ0) is 14.0. The molecule has 0 fully saturated rings. The Labute approximate surface area is 129 Å². The maximum atomic E-state index is 3.30. The van der Waals surface area contributed by atoms with E-state index in [4.69, 9.17) is 0 Å². The van der Waals surface area contributed by atoms with E-state index in [0.29, 0.717) is 0 Å². The molecule has 1 aromatic rings. The van der Waals surface area contributed by atoms with E-state index in [-0.39, 0.29) is 0 Å². The molecule has 3 heteroatoms. The van der Waals surface area contributed by atoms with Crippen molar-refractivity contribution in [2.75, 3.05) is 13.1 Å². The van der Waals surface area contributed by atoms with Gasteiger partial charge in [0.25, 0.3) is 0 Å². The Kier molecular flexibility index (Phi) is 11.3. The fourth-order valence-corrected chi connectivity index (χ4v) is 2.01. The SMILES string of the molecule is CC(C)CN(Cc1[c-]cccc1)CC(C)C.[Zn+][Br]. The molecule has 1 nitrogen and oxygen atoms in total. The molecule has 1 aromatic carbocycles. The second-order valence-electron chi connectivity index (χ2n) is 5.37. The molecular weight excluding hydrogens is 339 g/mol. The molecule has 0 aliphatic heterocycles. The van der Waals surface area contributed by atoms with Crippen molar-refractivity contribution in [3.63, 3.8) is 0 Å². The van der Waals surface area contributed by atoms with Crippen LogP contribution < -0.4 is 0 Å². The van der Waals surface area contributed by atoms with Crippen LogP contribution in [0.3, 0.4) is 0 Å². The van der Waals surface area contributed by atoms with Crippen LogP contribution >= 0.6 is 13.6 Å². The van der Waals surface area contributed by atoms with Gasteiger partial charge in [0.1, 0.15) is 0 Å². The Balaban J connectivity index is 0.00000137. The first-order valence-corrected chi connectivity index (χ1v) is 13.5. The number of halogens is 1. The first-order valence-electron chi connectivity index (χ1n) is 6.52. The van der Waals surface area contributed by atoms with Gasteiger partial charge in [0.05, 0.1) is 0 Å². The number of benzene rings is 1. The van der Waals surface area contributed by atoms with Crippen molar-refractivity contribution in [3.8, 4) is 0 Å². The van der Waals surface area contributed by atoms with Crippen molar-refractivity contribution in [1.29, 1.82) is 0 Å². The minimum atomic E-state index is 0.725. The molecular formula is C15H24BrNZn. The number of hydrogen-bond donors (Lipinski definition) is 0. The molecule has 0 amide bonds. The monoisotopic (exact) mass is 361 g/mol. The van der Waals surface area contributed by atoms with Gasteiger partial charge in [-0.3, -0.25) is 0 Å². The van der Waals surface area contributed by atoms with E-state index < -0.39 is 0 Å². The second-order valence-corrected chi connectivity index (χ2v) is 5.37. The number of hydrogen-bond acceptors (Lipinski definition) is 1. The Morgan fingerprint density at radius 2 is 1.67 bits per heavy atom. The van der Waals surface area contributed by atoms with Crippen molar-refractivity contribution >= 4 is 13.6 Å². The van der Waals surface area contributed by atoms with Crippen molar-refractivity contribution in [3.05, 3.63) is 35.9 Å². The van der Waals surface area contributed by atoms with Gasteiger partial charge in [0.15, 0.2) is 0 Å². The summed E-state index contributed by atoms with van der Waals surface area (Å²) in [5, 5.41) is 0. The summed E-state index contributed by atoms with van der Waals surface area (Å²) in [6.07, 6.45) is 0. The van der Waals surface area contributed by atoms with Crippen LogP contribution in [-0.2, 0) is 22.9 Å². The van der Waals surface area contributed by atoms with Gasteiger partial charge < -0.3 is 4.90 Å². The van der Waals surface area contributed by atoms with Gasteiger partial charge in [-0.25, -0.2) is 0 Å². The Hall–Kier alpha value is 0.283. The first-order chi connectivity index (χ1) is 8.58. The molecule has 0 heterocycles. The van der Waals surface area contributed by atoms with Crippen LogP contribution in [0.5, 0.6) is 0 Å². The van der Waals surface area contributed by atoms with Crippen LogP contribution in [-0.4, -0.2) is 18.0 Å². The van der Waals surface area contributed by atoms with E-state index in [2.05, 4.69) is 64.4 Å². The molecule has 18 heavy (non-hydrogen) atoms. The molecule has 98 valence electrons. The topological polar surface area (TPSA) is 3.24 Å². The molecule has 1 rings (SSSR count). The molecule has 0 bridgehead atoms. The van der Waals surface area contributed by atoms with Crippen LogP contribution in [0.15, 0.2) is 24.3 Å². The normalized spacial score (nSPS) is 10.8. The predicted octanol–water partition coefficient (Wildman–Crippen LogP) is 4.44. The van der Waals surface area contributed by atoms with E-state index in [0.717, 1.165) is 18.4 Å². The minimum absolute atomic E-state index is 0.725. The summed E-state index contributed by atoms with van der Waals surface area (Å²) < 4.78 is 0. The van der Waals surface area contributed by atoms with Gasteiger partial charge in [0.2, 0.25) is 0 Å².